The van der Waals surface area contributed by atoms with Gasteiger partial charge in [0.25, 0.3) is 5.91 Å². The Kier molecular flexibility index (Phi) is 3.68. The maximum absolute atomic E-state index is 11.9. The second kappa shape index (κ2) is 5.63. The van der Waals surface area contributed by atoms with Crippen LogP contribution in [0.15, 0.2) is 30.7 Å². The number of nitrogens with one attached hydrogen (secondary N) is 2. The summed E-state index contributed by atoms with van der Waals surface area (Å²) in [4.78, 5) is 25.0. The lowest BCUT2D eigenvalue weighted by Gasteiger charge is -2.08. The summed E-state index contributed by atoms with van der Waals surface area (Å²) in [6.07, 6.45) is 2.98. The molecule has 3 aromatic rings. The van der Waals surface area contributed by atoms with Gasteiger partial charge in [-0.2, -0.15) is 0 Å². The summed E-state index contributed by atoms with van der Waals surface area (Å²) >= 11 is 7.48. The monoisotopic (exact) mass is 319 g/mol. The maximum atomic E-state index is 11.9. The molecule has 0 spiro atoms. The first-order valence-electron chi connectivity index (χ1n) is 6.04. The van der Waals surface area contributed by atoms with Crippen LogP contribution in [0, 0.1) is 6.92 Å². The normalized spacial score (nSPS) is 10.6. The number of hydrazine groups is 1. The molecule has 0 bridgehead atoms. The smallest absolute Gasteiger partial charge is 0.281 e. The fourth-order valence-electron chi connectivity index (χ4n) is 1.82. The third-order valence-corrected chi connectivity index (χ3v) is 4.36. The number of aryl methyl sites for hydroxylation is 1. The number of hydrogen-bond donors (Lipinski definition) is 2. The Labute approximate surface area is 129 Å². The van der Waals surface area contributed by atoms with E-state index in [2.05, 4.69) is 25.8 Å². The largest absolute Gasteiger partial charge is 0.288 e. The number of carbonyl (C=O) groups is 1. The zero-order valence-corrected chi connectivity index (χ0v) is 12.5. The van der Waals surface area contributed by atoms with Crippen LogP contribution in [0.4, 0.5) is 5.82 Å². The second-order valence-corrected chi connectivity index (χ2v) is 5.80. The van der Waals surface area contributed by atoms with E-state index in [4.69, 9.17) is 11.6 Å². The SMILES string of the molecule is Cc1c(Cl)sc2ncnc(NNC(=O)c3ccccn3)c12. The van der Waals surface area contributed by atoms with Crippen molar-refractivity contribution in [2.45, 2.75) is 6.92 Å². The number of thiophene rings is 1. The Morgan fingerprint density at radius 1 is 1.29 bits per heavy atom. The van der Waals surface area contributed by atoms with Crippen LogP contribution in [0.1, 0.15) is 16.1 Å². The molecule has 0 unspecified atom stereocenters. The molecule has 0 aliphatic carbocycles. The average molecular weight is 320 g/mol. The molecule has 1 amide bonds. The van der Waals surface area contributed by atoms with Crippen LogP contribution >= 0.6 is 22.9 Å². The number of amides is 1. The molecule has 3 heterocycles. The molecule has 0 fully saturated rings. The zero-order valence-electron chi connectivity index (χ0n) is 10.9. The predicted octanol–water partition coefficient (Wildman–Crippen LogP) is 2.81. The first kappa shape index (κ1) is 13.7. The lowest BCUT2D eigenvalue weighted by Crippen LogP contribution is -2.30. The Hall–Kier alpha value is -2.25. The molecule has 0 atom stereocenters. The van der Waals surface area contributed by atoms with Gasteiger partial charge in [-0.15, -0.1) is 11.3 Å². The van der Waals surface area contributed by atoms with Crippen LogP contribution in [0.5, 0.6) is 0 Å². The first-order chi connectivity index (χ1) is 10.2. The molecular weight excluding hydrogens is 310 g/mol. The summed E-state index contributed by atoms with van der Waals surface area (Å²) in [5.41, 5.74) is 6.56. The van der Waals surface area contributed by atoms with Gasteiger partial charge >= 0.3 is 0 Å². The van der Waals surface area contributed by atoms with Gasteiger partial charge in [-0.1, -0.05) is 17.7 Å². The lowest BCUT2D eigenvalue weighted by atomic mass is 10.2. The highest BCUT2D eigenvalue weighted by molar-refractivity contribution is 7.22. The van der Waals surface area contributed by atoms with Crippen LogP contribution in [-0.2, 0) is 0 Å². The minimum absolute atomic E-state index is 0.315. The van der Waals surface area contributed by atoms with E-state index in [-0.39, 0.29) is 5.91 Å². The van der Waals surface area contributed by atoms with Gasteiger partial charge in [0.15, 0.2) is 5.82 Å². The molecule has 3 rings (SSSR count). The third-order valence-electron chi connectivity index (χ3n) is 2.86. The summed E-state index contributed by atoms with van der Waals surface area (Å²) in [6.45, 7) is 1.89. The summed E-state index contributed by atoms with van der Waals surface area (Å²) in [7, 11) is 0. The minimum Gasteiger partial charge on any atom is -0.281 e. The van der Waals surface area contributed by atoms with E-state index in [0.29, 0.717) is 15.8 Å². The molecule has 3 aromatic heterocycles. The van der Waals surface area contributed by atoms with Gasteiger partial charge < -0.3 is 0 Å². The Bertz CT molecular complexity index is 805. The molecule has 0 aliphatic heterocycles. The Morgan fingerprint density at radius 2 is 2.14 bits per heavy atom. The molecule has 0 radical (unpaired) electrons. The highest BCUT2D eigenvalue weighted by Crippen LogP contribution is 2.35. The van der Waals surface area contributed by atoms with Crippen LogP contribution in [0.2, 0.25) is 4.34 Å². The van der Waals surface area contributed by atoms with E-state index in [1.54, 1.807) is 24.4 Å². The summed E-state index contributed by atoms with van der Waals surface area (Å²) in [6, 6.07) is 5.11. The number of hydrogen-bond acceptors (Lipinski definition) is 6. The van der Waals surface area contributed by atoms with Crippen molar-refractivity contribution in [2.24, 2.45) is 0 Å². The average Bonchev–Trinajstić information content (AvgIpc) is 2.81. The summed E-state index contributed by atoms with van der Waals surface area (Å²) in [5, 5.41) is 0.800. The Balaban J connectivity index is 1.84. The molecule has 0 saturated carbocycles. The number of rotatable bonds is 3. The molecule has 8 heteroatoms. The van der Waals surface area contributed by atoms with Crippen LogP contribution in [-0.4, -0.2) is 20.9 Å². The van der Waals surface area contributed by atoms with E-state index in [0.717, 1.165) is 15.8 Å². The van der Waals surface area contributed by atoms with Gasteiger partial charge in [0.05, 0.1) is 9.72 Å². The van der Waals surface area contributed by atoms with Gasteiger partial charge in [-0.3, -0.25) is 20.6 Å². The van der Waals surface area contributed by atoms with Crippen molar-refractivity contribution in [3.63, 3.8) is 0 Å². The van der Waals surface area contributed by atoms with Crippen molar-refractivity contribution in [1.29, 1.82) is 0 Å². The molecule has 106 valence electrons. The third kappa shape index (κ3) is 2.65. The van der Waals surface area contributed by atoms with Gasteiger partial charge in [-0.05, 0) is 24.6 Å². The number of anilines is 1. The highest BCUT2D eigenvalue weighted by atomic mass is 35.5. The number of pyridine rings is 1. The molecule has 0 saturated heterocycles. The van der Waals surface area contributed by atoms with E-state index in [9.17, 15) is 4.79 Å². The summed E-state index contributed by atoms with van der Waals surface area (Å²) < 4.78 is 0.657. The number of halogens is 1. The fourth-order valence-corrected chi connectivity index (χ4v) is 3.01. The number of fused-ring (bicyclic) bond motifs is 1. The second-order valence-electron chi connectivity index (χ2n) is 4.20. The van der Waals surface area contributed by atoms with E-state index >= 15 is 0 Å². The van der Waals surface area contributed by atoms with Gasteiger partial charge in [0.2, 0.25) is 0 Å². The molecular formula is C13H10ClN5OS. The van der Waals surface area contributed by atoms with Crippen molar-refractivity contribution >= 4 is 44.9 Å². The van der Waals surface area contributed by atoms with Crippen molar-refractivity contribution in [3.05, 3.63) is 46.3 Å². The number of carbonyl (C=O) groups excluding carboxylic acids is 1. The lowest BCUT2D eigenvalue weighted by molar-refractivity contribution is 0.0957. The van der Waals surface area contributed by atoms with Gasteiger partial charge in [0, 0.05) is 6.20 Å². The first-order valence-corrected chi connectivity index (χ1v) is 7.23. The van der Waals surface area contributed by atoms with Gasteiger partial charge in [0.1, 0.15) is 16.9 Å². The van der Waals surface area contributed by atoms with Crippen molar-refractivity contribution < 1.29 is 4.79 Å². The molecule has 21 heavy (non-hydrogen) atoms. The van der Waals surface area contributed by atoms with E-state index in [1.807, 2.05) is 6.92 Å². The van der Waals surface area contributed by atoms with E-state index < -0.39 is 0 Å². The standard InChI is InChI=1S/C13H10ClN5OS/c1-7-9-11(16-6-17-13(9)21-10(7)14)18-19-12(20)8-4-2-3-5-15-8/h2-6H,1H3,(H,19,20)(H,16,17,18). The summed E-state index contributed by atoms with van der Waals surface area (Å²) in [5.74, 6) is 0.159. The Morgan fingerprint density at radius 3 is 2.90 bits per heavy atom. The molecule has 6 nitrogen and oxygen atoms in total. The van der Waals surface area contributed by atoms with Gasteiger partial charge in [-0.25, -0.2) is 9.97 Å². The maximum Gasteiger partial charge on any atom is 0.288 e. The molecule has 0 aromatic carbocycles. The predicted molar refractivity (Wildman–Crippen MR) is 82.5 cm³/mol. The topological polar surface area (TPSA) is 79.8 Å². The quantitative estimate of drug-likeness (QED) is 0.726. The van der Waals surface area contributed by atoms with Crippen LogP contribution in [0.25, 0.3) is 10.2 Å². The minimum atomic E-state index is -0.346. The fraction of sp³-hybridized carbons (Fsp3) is 0.0769. The van der Waals surface area contributed by atoms with Crippen molar-refractivity contribution in [3.8, 4) is 0 Å². The van der Waals surface area contributed by atoms with Crippen molar-refractivity contribution in [1.82, 2.24) is 20.4 Å². The van der Waals surface area contributed by atoms with E-state index in [1.165, 1.54) is 17.7 Å². The number of aromatic nitrogens is 3. The van der Waals surface area contributed by atoms with Crippen molar-refractivity contribution in [2.75, 3.05) is 5.43 Å². The molecule has 2 N–H and O–H groups in total. The van der Waals surface area contributed by atoms with Crippen LogP contribution < -0.4 is 10.9 Å². The molecule has 0 aliphatic rings. The highest BCUT2D eigenvalue weighted by Gasteiger charge is 2.14. The van der Waals surface area contributed by atoms with Crippen LogP contribution in [0.3, 0.4) is 0 Å². The number of nitrogens with zero attached hydrogens (tertiary/aromatic N) is 3. The zero-order chi connectivity index (χ0) is 14.8.